The number of hydrogen-bond donors (Lipinski definition) is 3. The third kappa shape index (κ3) is 3.08. The van der Waals surface area contributed by atoms with Gasteiger partial charge in [0.1, 0.15) is 5.82 Å². The molecule has 0 bridgehead atoms. The van der Waals surface area contributed by atoms with Gasteiger partial charge in [-0.2, -0.15) is 4.98 Å². The SMILES string of the molecule is COc1cc2nc(N3CCNC[C@H](O)C3)nc(N)c2cc1OC. The van der Waals surface area contributed by atoms with Crippen molar-refractivity contribution >= 4 is 22.7 Å². The first kappa shape index (κ1) is 15.6. The van der Waals surface area contributed by atoms with Gasteiger partial charge in [0.25, 0.3) is 0 Å². The lowest BCUT2D eigenvalue weighted by Gasteiger charge is -2.22. The Kier molecular flexibility index (Phi) is 4.35. The van der Waals surface area contributed by atoms with Gasteiger partial charge in [-0.1, -0.05) is 0 Å². The highest BCUT2D eigenvalue weighted by Crippen LogP contribution is 2.34. The Balaban J connectivity index is 2.05. The molecule has 1 saturated heterocycles. The second kappa shape index (κ2) is 6.43. The van der Waals surface area contributed by atoms with E-state index in [4.69, 9.17) is 15.2 Å². The second-order valence-electron chi connectivity index (χ2n) is 5.44. The number of nitrogens with one attached hydrogen (secondary N) is 1. The smallest absolute Gasteiger partial charge is 0.228 e. The summed E-state index contributed by atoms with van der Waals surface area (Å²) in [7, 11) is 3.15. The zero-order valence-corrected chi connectivity index (χ0v) is 13.2. The monoisotopic (exact) mass is 319 g/mol. The van der Waals surface area contributed by atoms with E-state index in [2.05, 4.69) is 15.3 Å². The molecule has 1 aliphatic heterocycles. The van der Waals surface area contributed by atoms with Gasteiger partial charge in [-0.3, -0.25) is 0 Å². The van der Waals surface area contributed by atoms with Gasteiger partial charge in [-0.05, 0) is 6.07 Å². The summed E-state index contributed by atoms with van der Waals surface area (Å²) in [5.41, 5.74) is 6.78. The lowest BCUT2D eigenvalue weighted by molar-refractivity contribution is 0.184. The van der Waals surface area contributed by atoms with Gasteiger partial charge in [0.2, 0.25) is 5.95 Å². The molecule has 0 saturated carbocycles. The number of fused-ring (bicyclic) bond motifs is 1. The zero-order valence-electron chi connectivity index (χ0n) is 13.2. The average molecular weight is 319 g/mol. The number of nitrogens with zero attached hydrogens (tertiary/aromatic N) is 3. The molecule has 2 aromatic rings. The Bertz CT molecular complexity index is 709. The summed E-state index contributed by atoms with van der Waals surface area (Å²) in [4.78, 5) is 10.9. The van der Waals surface area contributed by atoms with Gasteiger partial charge < -0.3 is 30.5 Å². The number of ether oxygens (including phenoxy) is 2. The van der Waals surface area contributed by atoms with Crippen molar-refractivity contribution in [1.29, 1.82) is 0 Å². The van der Waals surface area contributed by atoms with Crippen LogP contribution in [0.1, 0.15) is 0 Å². The van der Waals surface area contributed by atoms with Crippen molar-refractivity contribution in [3.63, 3.8) is 0 Å². The lowest BCUT2D eigenvalue weighted by Crippen LogP contribution is -2.34. The van der Waals surface area contributed by atoms with E-state index < -0.39 is 6.10 Å². The molecular formula is C15H21N5O3. The first-order valence-corrected chi connectivity index (χ1v) is 7.45. The molecule has 1 atom stereocenters. The van der Waals surface area contributed by atoms with Crippen LogP contribution in [0.2, 0.25) is 0 Å². The number of nitrogens with two attached hydrogens (primary N) is 1. The first-order chi connectivity index (χ1) is 11.1. The predicted octanol–water partition coefficient (Wildman–Crippen LogP) is -0.000300. The number of β-amino-alcohol motifs (C(OH)–C–C–N with tert-alkyl or cyclic N) is 1. The quantitative estimate of drug-likeness (QED) is 0.726. The molecule has 1 aromatic heterocycles. The molecule has 1 aromatic carbocycles. The summed E-state index contributed by atoms with van der Waals surface area (Å²) in [5.74, 6) is 2.04. The number of rotatable bonds is 3. The van der Waals surface area contributed by atoms with Crippen LogP contribution in [0.4, 0.5) is 11.8 Å². The molecule has 0 aliphatic carbocycles. The van der Waals surface area contributed by atoms with Crippen LogP contribution in [0.15, 0.2) is 12.1 Å². The number of methoxy groups -OCH3 is 2. The van der Waals surface area contributed by atoms with Crippen molar-refractivity contribution in [2.45, 2.75) is 6.10 Å². The second-order valence-corrected chi connectivity index (χ2v) is 5.44. The topological polar surface area (TPSA) is 106 Å². The molecule has 124 valence electrons. The molecule has 2 heterocycles. The highest BCUT2D eigenvalue weighted by atomic mass is 16.5. The number of aliphatic hydroxyl groups is 1. The Labute approximate surface area is 134 Å². The fraction of sp³-hybridized carbons (Fsp3) is 0.467. The van der Waals surface area contributed by atoms with Gasteiger partial charge in [-0.25, -0.2) is 4.98 Å². The van der Waals surface area contributed by atoms with E-state index in [1.807, 2.05) is 4.90 Å². The van der Waals surface area contributed by atoms with Crippen molar-refractivity contribution in [3.05, 3.63) is 12.1 Å². The molecule has 8 heteroatoms. The Morgan fingerprint density at radius 3 is 2.74 bits per heavy atom. The molecule has 23 heavy (non-hydrogen) atoms. The summed E-state index contributed by atoms with van der Waals surface area (Å²) in [5, 5.41) is 13.8. The highest BCUT2D eigenvalue weighted by molar-refractivity contribution is 5.91. The van der Waals surface area contributed by atoms with Gasteiger partial charge in [-0.15, -0.1) is 0 Å². The highest BCUT2D eigenvalue weighted by Gasteiger charge is 2.20. The van der Waals surface area contributed by atoms with Crippen molar-refractivity contribution in [2.75, 3.05) is 51.0 Å². The number of nitrogen functional groups attached to an aromatic ring is 1. The molecule has 3 rings (SSSR count). The first-order valence-electron chi connectivity index (χ1n) is 7.45. The molecule has 1 aliphatic rings. The maximum absolute atomic E-state index is 9.93. The number of benzene rings is 1. The van der Waals surface area contributed by atoms with E-state index in [0.29, 0.717) is 53.8 Å². The standard InChI is InChI=1S/C15H21N5O3/c1-22-12-5-10-11(6-13(12)23-2)18-15(19-14(10)16)20-4-3-17-7-9(21)8-20/h5-6,9,17,21H,3-4,7-8H2,1-2H3,(H2,16,18,19)/t9-/m0/s1. The predicted molar refractivity (Wildman–Crippen MR) is 88.1 cm³/mol. The maximum atomic E-state index is 9.93. The minimum absolute atomic E-state index is 0.373. The van der Waals surface area contributed by atoms with Crippen molar-refractivity contribution in [3.8, 4) is 11.5 Å². The molecule has 0 radical (unpaired) electrons. The number of anilines is 2. The summed E-state index contributed by atoms with van der Waals surface area (Å²) in [6.45, 7) is 2.48. The average Bonchev–Trinajstić information content (AvgIpc) is 2.78. The zero-order chi connectivity index (χ0) is 16.4. The van der Waals surface area contributed by atoms with Crippen LogP contribution in [0, 0.1) is 0 Å². The summed E-state index contributed by atoms with van der Waals surface area (Å²) >= 11 is 0. The third-order valence-electron chi connectivity index (χ3n) is 3.87. The van der Waals surface area contributed by atoms with Crippen molar-refractivity contribution in [2.24, 2.45) is 0 Å². The Morgan fingerprint density at radius 1 is 1.26 bits per heavy atom. The normalized spacial score (nSPS) is 18.7. The van der Waals surface area contributed by atoms with Gasteiger partial charge >= 0.3 is 0 Å². The molecular weight excluding hydrogens is 298 g/mol. The van der Waals surface area contributed by atoms with E-state index >= 15 is 0 Å². The summed E-state index contributed by atoms with van der Waals surface area (Å²) in [6, 6.07) is 3.55. The molecule has 1 fully saturated rings. The van der Waals surface area contributed by atoms with Crippen LogP contribution in [0.25, 0.3) is 10.9 Å². The van der Waals surface area contributed by atoms with Gasteiger partial charge in [0, 0.05) is 37.6 Å². The minimum atomic E-state index is -0.469. The van der Waals surface area contributed by atoms with E-state index in [9.17, 15) is 5.11 Å². The lowest BCUT2D eigenvalue weighted by atomic mass is 10.2. The number of aliphatic hydroxyl groups excluding tert-OH is 1. The van der Waals surface area contributed by atoms with Crippen molar-refractivity contribution in [1.82, 2.24) is 15.3 Å². The molecule has 4 N–H and O–H groups in total. The van der Waals surface area contributed by atoms with Crippen LogP contribution in [-0.4, -0.2) is 61.6 Å². The van der Waals surface area contributed by atoms with Gasteiger partial charge in [0.05, 0.1) is 25.8 Å². The van der Waals surface area contributed by atoms with E-state index in [0.717, 1.165) is 6.54 Å². The largest absolute Gasteiger partial charge is 0.493 e. The number of hydrogen-bond acceptors (Lipinski definition) is 8. The number of aromatic nitrogens is 2. The van der Waals surface area contributed by atoms with E-state index in [1.54, 1.807) is 26.4 Å². The van der Waals surface area contributed by atoms with Crippen LogP contribution in [0.3, 0.4) is 0 Å². The maximum Gasteiger partial charge on any atom is 0.228 e. The van der Waals surface area contributed by atoms with Crippen LogP contribution in [0.5, 0.6) is 11.5 Å². The van der Waals surface area contributed by atoms with Crippen molar-refractivity contribution < 1.29 is 14.6 Å². The Morgan fingerprint density at radius 2 is 2.00 bits per heavy atom. The van der Waals surface area contributed by atoms with E-state index in [1.165, 1.54) is 0 Å². The minimum Gasteiger partial charge on any atom is -0.493 e. The fourth-order valence-corrected chi connectivity index (χ4v) is 2.68. The molecule has 8 nitrogen and oxygen atoms in total. The van der Waals surface area contributed by atoms with E-state index in [-0.39, 0.29) is 0 Å². The summed E-state index contributed by atoms with van der Waals surface area (Å²) < 4.78 is 10.6. The molecule has 0 unspecified atom stereocenters. The van der Waals surface area contributed by atoms with Gasteiger partial charge in [0.15, 0.2) is 11.5 Å². The van der Waals surface area contributed by atoms with Crippen LogP contribution >= 0.6 is 0 Å². The molecule has 0 amide bonds. The Hall–Kier alpha value is -2.32. The van der Waals surface area contributed by atoms with Crippen LogP contribution in [-0.2, 0) is 0 Å². The summed E-state index contributed by atoms with van der Waals surface area (Å²) in [6.07, 6.45) is -0.469. The fourth-order valence-electron chi connectivity index (χ4n) is 2.68. The third-order valence-corrected chi connectivity index (χ3v) is 3.87. The van der Waals surface area contributed by atoms with Crippen LogP contribution < -0.4 is 25.4 Å². The molecule has 0 spiro atoms.